The van der Waals surface area contributed by atoms with Gasteiger partial charge in [-0.2, -0.15) is 0 Å². The highest BCUT2D eigenvalue weighted by molar-refractivity contribution is 5.73. The van der Waals surface area contributed by atoms with Gasteiger partial charge < -0.3 is 0 Å². The van der Waals surface area contributed by atoms with E-state index in [1.807, 2.05) is 0 Å². The Hall–Kier alpha value is -2.36. The Morgan fingerprint density at radius 1 is 0.417 bits per heavy atom. The third kappa shape index (κ3) is 1.80. The van der Waals surface area contributed by atoms with Crippen molar-refractivity contribution < 1.29 is 0 Å². The van der Waals surface area contributed by atoms with Gasteiger partial charge in [-0.15, -0.1) is 0 Å². The summed E-state index contributed by atoms with van der Waals surface area (Å²) in [6.07, 6.45) is 0. The Kier molecular flexibility index (Phi) is 3.21. The molecule has 0 amide bonds. The minimum atomic E-state index is 0.527. The summed E-state index contributed by atoms with van der Waals surface area (Å²) in [6, 6.07) is 0. The molecule has 0 spiro atoms. The Labute approximate surface area is 141 Å². The van der Waals surface area contributed by atoms with E-state index in [9.17, 15) is 0 Å². The maximum atomic E-state index is 4.72. The summed E-state index contributed by atoms with van der Waals surface area (Å²) >= 11 is 0. The van der Waals surface area contributed by atoms with E-state index >= 15 is 0 Å². The third-order valence-electron chi connectivity index (χ3n) is 5.80. The summed E-state index contributed by atoms with van der Waals surface area (Å²) < 4.78 is 0. The zero-order valence-corrected chi connectivity index (χ0v) is 15.2. The molecule has 4 rings (SSSR count). The maximum Gasteiger partial charge on any atom is 0.130 e. The number of rotatable bonds is 1. The van der Waals surface area contributed by atoms with Gasteiger partial charge in [0.1, 0.15) is 13.3 Å². The molecule has 0 radical (unpaired) electrons. The maximum absolute atomic E-state index is 4.72. The summed E-state index contributed by atoms with van der Waals surface area (Å²) in [4.78, 5) is 18.7. The molecule has 0 saturated heterocycles. The number of nitrogens with zero attached hydrogens (tertiary/aromatic N) is 4. The first kappa shape index (κ1) is 15.2. The lowest BCUT2D eigenvalue weighted by molar-refractivity contribution is 1.05. The largest absolute Gasteiger partial charge is 0.259 e. The van der Waals surface area contributed by atoms with Crippen molar-refractivity contribution in [3.05, 3.63) is 54.8 Å². The van der Waals surface area contributed by atoms with Gasteiger partial charge in [0.15, 0.2) is 0 Å². The van der Waals surface area contributed by atoms with E-state index in [1.54, 1.807) is 0 Å². The van der Waals surface area contributed by atoms with Crippen LogP contribution in [0, 0.1) is 41.5 Å². The van der Waals surface area contributed by atoms with Crippen molar-refractivity contribution in [2.24, 2.45) is 20.0 Å². The van der Waals surface area contributed by atoms with Crippen molar-refractivity contribution in [3.8, 4) is 11.1 Å². The molecule has 0 saturated carbocycles. The van der Waals surface area contributed by atoms with Crippen molar-refractivity contribution >= 4 is 0 Å². The van der Waals surface area contributed by atoms with E-state index in [1.165, 1.54) is 44.5 Å². The molecular weight excluding hydrogens is 296 g/mol. The summed E-state index contributed by atoms with van der Waals surface area (Å²) in [5.41, 5.74) is 10.0. The van der Waals surface area contributed by atoms with Gasteiger partial charge in [0.2, 0.25) is 0 Å². The first-order chi connectivity index (χ1) is 11.4. The van der Waals surface area contributed by atoms with Crippen LogP contribution < -0.4 is 21.4 Å². The third-order valence-corrected chi connectivity index (χ3v) is 5.80. The molecule has 0 unspecified atom stereocenters. The average molecular weight is 318 g/mol. The van der Waals surface area contributed by atoms with Crippen molar-refractivity contribution in [1.82, 2.24) is 0 Å². The molecule has 4 heteroatoms. The topological polar surface area (TPSA) is 49.4 Å². The fraction of sp³-hybridized carbons (Fsp3) is 0.400. The van der Waals surface area contributed by atoms with E-state index in [-0.39, 0.29) is 0 Å². The number of benzene rings is 2. The van der Waals surface area contributed by atoms with Crippen LogP contribution in [-0.2, 0) is 0 Å². The molecule has 4 nitrogen and oxygen atoms in total. The minimum absolute atomic E-state index is 0.527. The second-order valence-electron chi connectivity index (χ2n) is 6.81. The lowest BCUT2D eigenvalue weighted by Gasteiger charge is -2.16. The van der Waals surface area contributed by atoms with Gasteiger partial charge in [-0.25, -0.2) is 0 Å². The van der Waals surface area contributed by atoms with Crippen LogP contribution in [0.4, 0.5) is 0 Å². The van der Waals surface area contributed by atoms with Gasteiger partial charge >= 0.3 is 0 Å². The predicted octanol–water partition coefficient (Wildman–Crippen LogP) is 1.62. The average Bonchev–Trinajstić information content (AvgIpc) is 3.23. The van der Waals surface area contributed by atoms with Crippen LogP contribution >= 0.6 is 0 Å². The minimum Gasteiger partial charge on any atom is -0.259 e. The molecule has 2 aromatic carbocycles. The Morgan fingerprint density at radius 2 is 0.750 bits per heavy atom. The monoisotopic (exact) mass is 318 g/mol. The number of hydrogen-bond donors (Lipinski definition) is 0. The molecule has 0 fully saturated rings. The summed E-state index contributed by atoms with van der Waals surface area (Å²) in [5.74, 6) is 0. The van der Waals surface area contributed by atoms with E-state index in [2.05, 4.69) is 51.5 Å². The van der Waals surface area contributed by atoms with Crippen LogP contribution in [0.15, 0.2) is 20.0 Å². The molecule has 2 heterocycles. The normalized spacial score (nSPS) is 14.4. The quantitative estimate of drug-likeness (QED) is 0.767. The standard InChI is InChI=1S/C20H22N4/c1-9-11(3)15(19-17(13(9)5)21-7-23-19)16-12(4)10(2)14(6)18-20(16)24-8-22-18/h7-8H2,1-6H3. The molecule has 2 aliphatic heterocycles. The van der Waals surface area contributed by atoms with Gasteiger partial charge in [-0.1, -0.05) is 0 Å². The van der Waals surface area contributed by atoms with E-state index in [0.29, 0.717) is 13.3 Å². The molecular formula is C20H22N4. The molecule has 0 atom stereocenters. The van der Waals surface area contributed by atoms with Crippen LogP contribution in [0.1, 0.15) is 33.4 Å². The van der Waals surface area contributed by atoms with E-state index in [4.69, 9.17) is 9.98 Å². The van der Waals surface area contributed by atoms with Crippen molar-refractivity contribution in [1.29, 1.82) is 0 Å². The van der Waals surface area contributed by atoms with Gasteiger partial charge in [0.05, 0.1) is 21.4 Å². The summed E-state index contributed by atoms with van der Waals surface area (Å²) in [5, 5.41) is 4.17. The van der Waals surface area contributed by atoms with Crippen molar-refractivity contribution in [2.45, 2.75) is 41.5 Å². The Morgan fingerprint density at radius 3 is 1.12 bits per heavy atom. The highest BCUT2D eigenvalue weighted by Crippen LogP contribution is 2.25. The molecule has 2 aromatic rings. The second-order valence-corrected chi connectivity index (χ2v) is 6.81. The Bertz CT molecular complexity index is 1060. The summed E-state index contributed by atoms with van der Waals surface area (Å²) in [7, 11) is 0. The van der Waals surface area contributed by atoms with E-state index in [0.717, 1.165) is 21.4 Å². The van der Waals surface area contributed by atoms with Gasteiger partial charge in [0.25, 0.3) is 0 Å². The van der Waals surface area contributed by atoms with Crippen LogP contribution in [0.25, 0.3) is 11.1 Å². The van der Waals surface area contributed by atoms with Gasteiger partial charge in [-0.05, 0) is 74.9 Å². The first-order valence-electron chi connectivity index (χ1n) is 8.41. The molecule has 2 aliphatic rings. The van der Waals surface area contributed by atoms with Crippen molar-refractivity contribution in [3.63, 3.8) is 0 Å². The number of fused-ring (bicyclic) bond motifs is 2. The zero-order chi connectivity index (χ0) is 17.2. The van der Waals surface area contributed by atoms with Crippen LogP contribution in [-0.4, -0.2) is 13.3 Å². The highest BCUT2D eigenvalue weighted by Gasteiger charge is 2.21. The molecule has 24 heavy (non-hydrogen) atoms. The SMILES string of the molecule is Cc1c(C)c(-c2c(C)c(C)c(C)c3c2=NCN=3)c2c(c1C)=NCN=2. The first-order valence-corrected chi connectivity index (χ1v) is 8.41. The van der Waals surface area contributed by atoms with Crippen LogP contribution in [0.2, 0.25) is 0 Å². The lowest BCUT2D eigenvalue weighted by atomic mass is 9.87. The highest BCUT2D eigenvalue weighted by atomic mass is 15.0. The number of hydrogen-bond acceptors (Lipinski definition) is 4. The molecule has 0 N–H and O–H groups in total. The second kappa shape index (κ2) is 5.07. The predicted molar refractivity (Wildman–Crippen MR) is 94.7 cm³/mol. The molecule has 0 aromatic heterocycles. The van der Waals surface area contributed by atoms with Crippen LogP contribution in [0.5, 0.6) is 0 Å². The van der Waals surface area contributed by atoms with Crippen molar-refractivity contribution in [2.75, 3.05) is 13.3 Å². The lowest BCUT2D eigenvalue weighted by Crippen LogP contribution is -2.35. The fourth-order valence-corrected chi connectivity index (χ4v) is 3.90. The summed E-state index contributed by atoms with van der Waals surface area (Å²) in [6.45, 7) is 14.1. The van der Waals surface area contributed by atoms with Crippen LogP contribution in [0.3, 0.4) is 0 Å². The van der Waals surface area contributed by atoms with Gasteiger partial charge in [-0.3, -0.25) is 20.0 Å². The fourth-order valence-electron chi connectivity index (χ4n) is 3.90. The molecule has 0 aliphatic carbocycles. The smallest absolute Gasteiger partial charge is 0.130 e. The van der Waals surface area contributed by atoms with Gasteiger partial charge in [0, 0.05) is 11.1 Å². The molecule has 122 valence electrons. The zero-order valence-electron chi connectivity index (χ0n) is 15.2. The molecule has 0 bridgehead atoms. The van der Waals surface area contributed by atoms with E-state index < -0.39 is 0 Å². The Balaban J connectivity index is 2.29.